The molecular formula is C25H27N5O5. The van der Waals surface area contributed by atoms with Gasteiger partial charge in [0.15, 0.2) is 0 Å². The third-order valence-corrected chi connectivity index (χ3v) is 5.54. The Kier molecular flexibility index (Phi) is 6.40. The van der Waals surface area contributed by atoms with Crippen LogP contribution < -0.4 is 5.32 Å². The number of aliphatic hydroxyl groups is 1. The van der Waals surface area contributed by atoms with Crippen LogP contribution in [0, 0.1) is 10.1 Å². The van der Waals surface area contributed by atoms with Crippen LogP contribution in [0.3, 0.4) is 0 Å². The lowest BCUT2D eigenvalue weighted by Gasteiger charge is -2.26. The van der Waals surface area contributed by atoms with Crippen molar-refractivity contribution in [2.45, 2.75) is 38.4 Å². The molecule has 1 aromatic carbocycles. The van der Waals surface area contributed by atoms with Crippen LogP contribution in [0.4, 0.5) is 22.0 Å². The summed E-state index contributed by atoms with van der Waals surface area (Å²) in [4.78, 5) is 33.7. The van der Waals surface area contributed by atoms with Gasteiger partial charge in [0.05, 0.1) is 34.7 Å². The Morgan fingerprint density at radius 2 is 1.91 bits per heavy atom. The van der Waals surface area contributed by atoms with E-state index in [-0.39, 0.29) is 18.1 Å². The van der Waals surface area contributed by atoms with Crippen molar-refractivity contribution in [1.29, 1.82) is 0 Å². The van der Waals surface area contributed by atoms with Crippen molar-refractivity contribution in [2.24, 2.45) is 0 Å². The lowest BCUT2D eigenvalue weighted by atomic mass is 9.98. The number of carbonyl (C=O) groups is 1. The van der Waals surface area contributed by atoms with Crippen molar-refractivity contribution in [3.8, 4) is 11.3 Å². The number of anilines is 2. The van der Waals surface area contributed by atoms with Gasteiger partial charge in [0, 0.05) is 24.6 Å². The second-order valence-corrected chi connectivity index (χ2v) is 9.43. The number of amides is 1. The fraction of sp³-hybridized carbons (Fsp3) is 0.320. The van der Waals surface area contributed by atoms with E-state index in [0.29, 0.717) is 30.0 Å². The molecule has 10 nitrogen and oxygen atoms in total. The molecule has 2 aromatic heterocycles. The van der Waals surface area contributed by atoms with Gasteiger partial charge in [0.25, 0.3) is 0 Å². The van der Waals surface area contributed by atoms with E-state index < -0.39 is 22.2 Å². The maximum atomic E-state index is 12.4. The summed E-state index contributed by atoms with van der Waals surface area (Å²) in [5.74, 6) is 0.0848. The SMILES string of the molecule is CC(C)(C)OC(=O)N1CCC(O)(c2ccc(Nc3nc(-c4ccccc4)ccc3[N+](=O)[O-])cn2)C1. The van der Waals surface area contributed by atoms with Crippen LogP contribution in [-0.2, 0) is 10.3 Å². The first kappa shape index (κ1) is 24.1. The van der Waals surface area contributed by atoms with Gasteiger partial charge in [-0.25, -0.2) is 9.78 Å². The fourth-order valence-electron chi connectivity index (χ4n) is 3.83. The zero-order valence-electron chi connectivity index (χ0n) is 19.8. The Hall–Kier alpha value is -4.05. The van der Waals surface area contributed by atoms with Crippen LogP contribution in [-0.4, -0.2) is 49.7 Å². The molecule has 182 valence electrons. The quantitative estimate of drug-likeness (QED) is 0.402. The molecule has 10 heteroatoms. The number of hydrogen-bond acceptors (Lipinski definition) is 8. The van der Waals surface area contributed by atoms with E-state index in [2.05, 4.69) is 15.3 Å². The van der Waals surface area contributed by atoms with Crippen molar-refractivity contribution in [1.82, 2.24) is 14.9 Å². The summed E-state index contributed by atoms with van der Waals surface area (Å²) in [6.45, 7) is 5.77. The molecule has 0 spiro atoms. The number of carbonyl (C=O) groups excluding carboxylic acids is 1. The van der Waals surface area contributed by atoms with E-state index in [0.717, 1.165) is 5.56 Å². The molecule has 1 saturated heterocycles. The third-order valence-electron chi connectivity index (χ3n) is 5.54. The van der Waals surface area contributed by atoms with Gasteiger partial charge < -0.3 is 20.1 Å². The lowest BCUT2D eigenvalue weighted by Crippen LogP contribution is -2.38. The largest absolute Gasteiger partial charge is 0.444 e. The Labute approximate surface area is 202 Å². The topological polar surface area (TPSA) is 131 Å². The second kappa shape index (κ2) is 9.30. The number of nitro groups is 1. The molecular weight excluding hydrogens is 450 g/mol. The van der Waals surface area contributed by atoms with Crippen molar-refractivity contribution in [3.63, 3.8) is 0 Å². The van der Waals surface area contributed by atoms with E-state index >= 15 is 0 Å². The van der Waals surface area contributed by atoms with Crippen molar-refractivity contribution >= 4 is 23.3 Å². The molecule has 1 amide bonds. The highest BCUT2D eigenvalue weighted by atomic mass is 16.6. The van der Waals surface area contributed by atoms with Crippen LogP contribution in [0.15, 0.2) is 60.8 Å². The number of β-amino-alcohol motifs (C(OH)–C–C–N with tert-alkyl or cyclic N) is 1. The fourth-order valence-corrected chi connectivity index (χ4v) is 3.83. The molecule has 0 radical (unpaired) electrons. The maximum Gasteiger partial charge on any atom is 0.410 e. The van der Waals surface area contributed by atoms with Gasteiger partial charge in [-0.05, 0) is 39.0 Å². The molecule has 4 rings (SSSR count). The number of hydrogen-bond donors (Lipinski definition) is 2. The smallest absolute Gasteiger partial charge is 0.410 e. The van der Waals surface area contributed by atoms with E-state index in [9.17, 15) is 20.0 Å². The monoisotopic (exact) mass is 477 g/mol. The second-order valence-electron chi connectivity index (χ2n) is 9.43. The summed E-state index contributed by atoms with van der Waals surface area (Å²) >= 11 is 0. The molecule has 0 aliphatic carbocycles. The van der Waals surface area contributed by atoms with Crippen LogP contribution in [0.1, 0.15) is 32.9 Å². The van der Waals surface area contributed by atoms with Crippen LogP contribution in [0.2, 0.25) is 0 Å². The number of nitrogens with one attached hydrogen (secondary N) is 1. The van der Waals surface area contributed by atoms with E-state index in [1.54, 1.807) is 39.0 Å². The molecule has 1 aliphatic rings. The van der Waals surface area contributed by atoms with Crippen LogP contribution in [0.25, 0.3) is 11.3 Å². The van der Waals surface area contributed by atoms with E-state index in [1.165, 1.54) is 17.2 Å². The molecule has 35 heavy (non-hydrogen) atoms. The lowest BCUT2D eigenvalue weighted by molar-refractivity contribution is -0.384. The molecule has 1 fully saturated rings. The van der Waals surface area contributed by atoms with Gasteiger partial charge in [-0.3, -0.25) is 15.1 Å². The molecule has 0 saturated carbocycles. The van der Waals surface area contributed by atoms with Crippen molar-refractivity contribution in [3.05, 3.63) is 76.6 Å². The van der Waals surface area contributed by atoms with Gasteiger partial charge in [0.2, 0.25) is 5.82 Å². The molecule has 1 aliphatic heterocycles. The Morgan fingerprint density at radius 3 is 2.54 bits per heavy atom. The molecule has 3 aromatic rings. The molecule has 3 heterocycles. The number of ether oxygens (including phenoxy) is 1. The molecule has 0 bridgehead atoms. The highest BCUT2D eigenvalue weighted by Crippen LogP contribution is 2.33. The predicted octanol–water partition coefficient (Wildman–Crippen LogP) is 4.62. The summed E-state index contributed by atoms with van der Waals surface area (Å²) in [7, 11) is 0. The van der Waals surface area contributed by atoms with Gasteiger partial charge in [-0.2, -0.15) is 0 Å². The summed E-state index contributed by atoms with van der Waals surface area (Å²) in [5.41, 5.74) is 0.179. The summed E-state index contributed by atoms with van der Waals surface area (Å²) in [6.07, 6.45) is 1.31. The molecule has 1 atom stereocenters. The minimum atomic E-state index is -1.31. The number of nitrogens with zero attached hydrogens (tertiary/aromatic N) is 4. The van der Waals surface area contributed by atoms with E-state index in [4.69, 9.17) is 4.74 Å². The average Bonchev–Trinajstić information content (AvgIpc) is 3.22. The standard InChI is InChI=1S/C25H27N5O5/c1-24(2,3)35-23(31)29-14-13-25(32,16-29)21-12-9-18(15-26-21)27-22-20(30(33)34)11-10-19(28-22)17-7-5-4-6-8-17/h4-12,15,32H,13-14,16H2,1-3H3,(H,27,28). The predicted molar refractivity (Wildman–Crippen MR) is 130 cm³/mol. The summed E-state index contributed by atoms with van der Waals surface area (Å²) in [6, 6.07) is 15.7. The van der Waals surface area contributed by atoms with Gasteiger partial charge in [-0.1, -0.05) is 30.3 Å². The van der Waals surface area contributed by atoms with Crippen molar-refractivity contribution < 1.29 is 19.6 Å². The Bertz CT molecular complexity index is 1230. The minimum Gasteiger partial charge on any atom is -0.444 e. The first-order chi connectivity index (χ1) is 16.5. The average molecular weight is 478 g/mol. The Balaban J connectivity index is 1.52. The van der Waals surface area contributed by atoms with E-state index in [1.807, 2.05) is 30.3 Å². The third kappa shape index (κ3) is 5.55. The van der Waals surface area contributed by atoms with Gasteiger partial charge in [-0.15, -0.1) is 0 Å². The zero-order chi connectivity index (χ0) is 25.2. The maximum absolute atomic E-state index is 12.4. The van der Waals surface area contributed by atoms with Gasteiger partial charge >= 0.3 is 11.8 Å². The Morgan fingerprint density at radius 1 is 1.17 bits per heavy atom. The molecule has 2 N–H and O–H groups in total. The number of likely N-dealkylation sites (tertiary alicyclic amines) is 1. The molecule has 1 unspecified atom stereocenters. The summed E-state index contributed by atoms with van der Waals surface area (Å²) < 4.78 is 5.39. The first-order valence-corrected chi connectivity index (χ1v) is 11.2. The minimum absolute atomic E-state index is 0.0633. The normalized spacial score (nSPS) is 17.8. The number of benzene rings is 1. The first-order valence-electron chi connectivity index (χ1n) is 11.2. The number of aromatic nitrogens is 2. The zero-order valence-corrected chi connectivity index (χ0v) is 19.8. The summed E-state index contributed by atoms with van der Waals surface area (Å²) in [5, 5.41) is 25.6. The number of rotatable bonds is 5. The highest BCUT2D eigenvalue weighted by Gasteiger charge is 2.42. The number of pyridine rings is 2. The van der Waals surface area contributed by atoms with Crippen LogP contribution >= 0.6 is 0 Å². The van der Waals surface area contributed by atoms with Crippen LogP contribution in [0.5, 0.6) is 0 Å². The van der Waals surface area contributed by atoms with Gasteiger partial charge in [0.1, 0.15) is 11.2 Å². The highest BCUT2D eigenvalue weighted by molar-refractivity contribution is 5.71. The van der Waals surface area contributed by atoms with Crippen molar-refractivity contribution in [2.75, 3.05) is 18.4 Å².